The number of hydrogen-bond donors (Lipinski definition) is 2. The van der Waals surface area contributed by atoms with Crippen LogP contribution in [0.5, 0.6) is 5.75 Å². The van der Waals surface area contributed by atoms with Crippen LogP contribution >= 0.6 is 0 Å². The lowest BCUT2D eigenvalue weighted by Gasteiger charge is -2.27. The summed E-state index contributed by atoms with van der Waals surface area (Å²) in [6.45, 7) is 6.06. The molecule has 1 amide bonds. The molecule has 0 aliphatic heterocycles. The summed E-state index contributed by atoms with van der Waals surface area (Å²) in [5, 5.41) is 14.0. The van der Waals surface area contributed by atoms with Crippen LogP contribution in [0.3, 0.4) is 0 Å². The fourth-order valence-corrected chi connectivity index (χ4v) is 2.14. The Morgan fingerprint density at radius 2 is 2.14 bits per heavy atom. The molecule has 0 aliphatic carbocycles. The minimum Gasteiger partial charge on any atom is -0.497 e. The number of amides is 1. The molecule has 2 rings (SSSR count). The van der Waals surface area contributed by atoms with Crippen LogP contribution in [0.25, 0.3) is 10.9 Å². The first-order valence-corrected chi connectivity index (χ1v) is 7.45. The summed E-state index contributed by atoms with van der Waals surface area (Å²) in [5.74, 6) is 0.754. The normalized spacial score (nSPS) is 14.1. The highest BCUT2D eigenvalue weighted by molar-refractivity contribution is 5.84. The monoisotopic (exact) mass is 304 g/mol. The van der Waals surface area contributed by atoms with Crippen molar-refractivity contribution < 1.29 is 14.6 Å². The highest BCUT2D eigenvalue weighted by atomic mass is 16.5. The molecule has 0 saturated carbocycles. The van der Waals surface area contributed by atoms with E-state index in [-0.39, 0.29) is 24.9 Å². The van der Waals surface area contributed by atoms with Crippen LogP contribution in [0.1, 0.15) is 20.8 Å². The fourth-order valence-electron chi connectivity index (χ4n) is 2.14. The number of aliphatic hydroxyl groups is 1. The zero-order valence-electron chi connectivity index (χ0n) is 13.6. The molecule has 0 radical (unpaired) electrons. The zero-order chi connectivity index (χ0) is 16.3. The maximum atomic E-state index is 12.1. The Morgan fingerprint density at radius 1 is 1.41 bits per heavy atom. The maximum absolute atomic E-state index is 12.1. The molecule has 2 aromatic rings. The first-order valence-electron chi connectivity index (χ1n) is 7.45. The van der Waals surface area contributed by atoms with Gasteiger partial charge >= 0.3 is 0 Å². The molecule has 1 unspecified atom stereocenters. The Hall–Kier alpha value is -2.01. The Balaban J connectivity index is 2.03. The number of aromatic nitrogens is 1. The standard InChI is InChI=1S/C17H24N2O3/c1-12(2)17(3,21)11-18-16(20)10-19-8-7-13-9-14(22-4)5-6-15(13)19/h5-9,12,21H,10-11H2,1-4H3,(H,18,20). The largest absolute Gasteiger partial charge is 0.497 e. The average Bonchev–Trinajstić information content (AvgIpc) is 2.87. The number of rotatable bonds is 6. The van der Waals surface area contributed by atoms with Crippen LogP contribution in [0.15, 0.2) is 30.5 Å². The molecule has 1 aromatic carbocycles. The van der Waals surface area contributed by atoms with Crippen LogP contribution in [0.4, 0.5) is 0 Å². The molecule has 2 N–H and O–H groups in total. The van der Waals surface area contributed by atoms with Crippen molar-refractivity contribution in [2.24, 2.45) is 5.92 Å². The van der Waals surface area contributed by atoms with Crippen LogP contribution in [0, 0.1) is 5.92 Å². The Kier molecular flexibility index (Phi) is 4.76. The molecule has 22 heavy (non-hydrogen) atoms. The number of benzene rings is 1. The fraction of sp³-hybridized carbons (Fsp3) is 0.471. The summed E-state index contributed by atoms with van der Waals surface area (Å²) < 4.78 is 7.08. The summed E-state index contributed by atoms with van der Waals surface area (Å²) in [7, 11) is 1.63. The van der Waals surface area contributed by atoms with E-state index >= 15 is 0 Å². The van der Waals surface area contributed by atoms with Gasteiger partial charge in [0.15, 0.2) is 0 Å². The molecule has 1 aromatic heterocycles. The van der Waals surface area contributed by atoms with Gasteiger partial charge in [0.05, 0.1) is 12.7 Å². The molecule has 0 spiro atoms. The maximum Gasteiger partial charge on any atom is 0.240 e. The van der Waals surface area contributed by atoms with Crippen LogP contribution in [0.2, 0.25) is 0 Å². The van der Waals surface area contributed by atoms with E-state index in [4.69, 9.17) is 4.74 Å². The second-order valence-corrected chi connectivity index (χ2v) is 6.16. The van der Waals surface area contributed by atoms with Gasteiger partial charge in [-0.15, -0.1) is 0 Å². The van der Waals surface area contributed by atoms with Crippen LogP contribution < -0.4 is 10.1 Å². The molecule has 0 saturated heterocycles. The number of carbonyl (C=O) groups excluding carboxylic acids is 1. The third-order valence-electron chi connectivity index (χ3n) is 4.18. The average molecular weight is 304 g/mol. The highest BCUT2D eigenvalue weighted by Gasteiger charge is 2.25. The topological polar surface area (TPSA) is 63.5 Å². The van der Waals surface area contributed by atoms with E-state index < -0.39 is 5.60 Å². The predicted octanol–water partition coefficient (Wildman–Crippen LogP) is 2.17. The van der Waals surface area contributed by atoms with Gasteiger partial charge in [0.2, 0.25) is 5.91 Å². The molecule has 0 fully saturated rings. The minimum atomic E-state index is -0.901. The Bertz CT molecular complexity index is 659. The zero-order valence-corrected chi connectivity index (χ0v) is 13.6. The first kappa shape index (κ1) is 16.4. The van der Waals surface area contributed by atoms with Crippen molar-refractivity contribution in [3.8, 4) is 5.75 Å². The van der Waals surface area contributed by atoms with E-state index in [0.29, 0.717) is 0 Å². The van der Waals surface area contributed by atoms with Gasteiger partial charge in [-0.1, -0.05) is 13.8 Å². The number of nitrogens with zero attached hydrogens (tertiary/aromatic N) is 1. The second-order valence-electron chi connectivity index (χ2n) is 6.16. The van der Waals surface area contributed by atoms with E-state index in [1.807, 2.05) is 48.9 Å². The van der Waals surface area contributed by atoms with Crippen molar-refractivity contribution in [2.75, 3.05) is 13.7 Å². The second kappa shape index (κ2) is 6.40. The smallest absolute Gasteiger partial charge is 0.240 e. The van der Waals surface area contributed by atoms with E-state index in [2.05, 4.69) is 5.32 Å². The van der Waals surface area contributed by atoms with Gasteiger partial charge in [0.25, 0.3) is 0 Å². The third-order valence-corrected chi connectivity index (χ3v) is 4.18. The number of hydrogen-bond acceptors (Lipinski definition) is 3. The molecular formula is C17H24N2O3. The SMILES string of the molecule is COc1ccc2c(ccn2CC(=O)NCC(C)(O)C(C)C)c1. The molecule has 0 aliphatic rings. The van der Waals surface area contributed by atoms with Crippen LogP contribution in [-0.4, -0.2) is 34.8 Å². The molecule has 5 nitrogen and oxygen atoms in total. The lowest BCUT2D eigenvalue weighted by Crippen LogP contribution is -2.45. The molecular weight excluding hydrogens is 280 g/mol. The summed E-state index contributed by atoms with van der Waals surface area (Å²) >= 11 is 0. The number of nitrogens with one attached hydrogen (secondary N) is 1. The van der Waals surface area contributed by atoms with Gasteiger partial charge in [0, 0.05) is 23.6 Å². The van der Waals surface area contributed by atoms with E-state index in [1.165, 1.54) is 0 Å². The van der Waals surface area contributed by atoms with Crippen LogP contribution in [-0.2, 0) is 11.3 Å². The van der Waals surface area contributed by atoms with Crippen molar-refractivity contribution in [3.63, 3.8) is 0 Å². The van der Waals surface area contributed by atoms with Gasteiger partial charge in [-0.25, -0.2) is 0 Å². The highest BCUT2D eigenvalue weighted by Crippen LogP contribution is 2.21. The first-order chi connectivity index (χ1) is 10.3. The quantitative estimate of drug-likeness (QED) is 0.860. The minimum absolute atomic E-state index is 0.0765. The molecule has 1 heterocycles. The van der Waals surface area contributed by atoms with Gasteiger partial charge < -0.3 is 19.7 Å². The predicted molar refractivity (Wildman–Crippen MR) is 87.0 cm³/mol. The van der Waals surface area contributed by atoms with E-state index in [1.54, 1.807) is 14.0 Å². The molecule has 1 atom stereocenters. The Morgan fingerprint density at radius 3 is 2.77 bits per heavy atom. The Labute approximate surface area is 130 Å². The summed E-state index contributed by atoms with van der Waals surface area (Å²) in [5.41, 5.74) is 0.0773. The molecule has 0 bridgehead atoms. The molecule has 120 valence electrons. The number of fused-ring (bicyclic) bond motifs is 1. The van der Waals surface area contributed by atoms with Crippen molar-refractivity contribution in [1.82, 2.24) is 9.88 Å². The summed E-state index contributed by atoms with van der Waals surface area (Å²) in [6, 6.07) is 7.70. The number of methoxy groups -OCH3 is 1. The van der Waals surface area contributed by atoms with E-state index in [0.717, 1.165) is 16.7 Å². The van der Waals surface area contributed by atoms with Gasteiger partial charge in [-0.3, -0.25) is 4.79 Å². The lowest BCUT2D eigenvalue weighted by molar-refractivity contribution is -0.123. The number of ether oxygens (including phenoxy) is 1. The molecule has 5 heteroatoms. The van der Waals surface area contributed by atoms with Crippen molar-refractivity contribution in [3.05, 3.63) is 30.5 Å². The van der Waals surface area contributed by atoms with Crippen molar-refractivity contribution >= 4 is 16.8 Å². The van der Waals surface area contributed by atoms with Gasteiger partial charge in [-0.2, -0.15) is 0 Å². The van der Waals surface area contributed by atoms with Crippen molar-refractivity contribution in [1.29, 1.82) is 0 Å². The van der Waals surface area contributed by atoms with Gasteiger partial charge in [-0.05, 0) is 37.1 Å². The third kappa shape index (κ3) is 3.60. The van der Waals surface area contributed by atoms with Gasteiger partial charge in [0.1, 0.15) is 12.3 Å². The van der Waals surface area contributed by atoms with Crippen molar-refractivity contribution in [2.45, 2.75) is 32.9 Å². The summed E-state index contributed by atoms with van der Waals surface area (Å²) in [4.78, 5) is 12.1. The lowest BCUT2D eigenvalue weighted by atomic mass is 9.92. The summed E-state index contributed by atoms with van der Waals surface area (Å²) in [6.07, 6.45) is 1.88. The number of carbonyl (C=O) groups is 1. The van der Waals surface area contributed by atoms with E-state index in [9.17, 15) is 9.90 Å².